The van der Waals surface area contributed by atoms with Gasteiger partial charge in [0.25, 0.3) is 5.09 Å². The van der Waals surface area contributed by atoms with Gasteiger partial charge in [-0.25, -0.2) is 20.4 Å². The van der Waals surface area contributed by atoms with Gasteiger partial charge in [0, 0.05) is 25.6 Å². The Morgan fingerprint density at radius 1 is 1.06 bits per heavy atom. The van der Waals surface area contributed by atoms with Crippen molar-refractivity contribution in [2.45, 2.75) is 59.2 Å². The highest BCUT2D eigenvalue weighted by Gasteiger charge is 2.25. The molecule has 1 aromatic heterocycles. The molecule has 0 aliphatic carbocycles. The number of unbranched alkanes of at least 4 members (excludes halogenated alkanes) is 1. The van der Waals surface area contributed by atoms with Crippen molar-refractivity contribution in [1.82, 2.24) is 14.7 Å². The van der Waals surface area contributed by atoms with Crippen LogP contribution in [0.15, 0.2) is 77.9 Å². The van der Waals surface area contributed by atoms with E-state index in [-0.39, 0.29) is 29.9 Å². The smallest absolute Gasteiger partial charge is 0.442 e. The van der Waals surface area contributed by atoms with E-state index in [1.165, 1.54) is 7.11 Å². The zero-order valence-corrected chi connectivity index (χ0v) is 28.5. The summed E-state index contributed by atoms with van der Waals surface area (Å²) in [5.41, 5.74) is 10.3. The summed E-state index contributed by atoms with van der Waals surface area (Å²) in [4.78, 5) is 45.1. The Bertz CT molecular complexity index is 1830. The van der Waals surface area contributed by atoms with Crippen molar-refractivity contribution < 1.29 is 33.7 Å². The molecule has 0 aliphatic heterocycles. The first-order chi connectivity index (χ1) is 24.0. The average Bonchev–Trinajstić information content (AvgIpc) is 3.42. The van der Waals surface area contributed by atoms with Gasteiger partial charge >= 0.3 is 12.1 Å². The van der Waals surface area contributed by atoms with Crippen molar-refractivity contribution in [2.75, 3.05) is 7.11 Å². The summed E-state index contributed by atoms with van der Waals surface area (Å²) in [5.74, 6) is 5.86. The molecule has 16 heteroatoms. The standard InChI is InChI=1S/C34H38ClN7O8/c1-4-5-14-29-38-31(35)30(33(43)50-22(2)47-3)40(29)19-23-15-17-24(18-16-23)27-12-8-9-13-28(27)32(36)39-41(37)34(44)48-20-25-10-6-7-11-26(25)21-49-42(45)46/h6-13,15-18,22H,4-5,14,19-21,37H2,1-3H3,(H2,36,39). The van der Waals surface area contributed by atoms with E-state index >= 15 is 0 Å². The maximum Gasteiger partial charge on any atom is 0.445 e. The number of carbonyl (C=O) groups excluding carboxylic acids is 2. The van der Waals surface area contributed by atoms with Crippen LogP contribution in [0.5, 0.6) is 0 Å². The first kappa shape index (κ1) is 37.3. The van der Waals surface area contributed by atoms with Gasteiger partial charge in [-0.2, -0.15) is 0 Å². The number of halogens is 1. The number of nitrogens with zero attached hydrogens (tertiary/aromatic N) is 5. The first-order valence-corrected chi connectivity index (χ1v) is 16.0. The third-order valence-electron chi connectivity index (χ3n) is 7.56. The number of amidine groups is 1. The fourth-order valence-corrected chi connectivity index (χ4v) is 5.20. The van der Waals surface area contributed by atoms with Gasteiger partial charge in [-0.3, -0.25) is 0 Å². The molecule has 0 aliphatic rings. The van der Waals surface area contributed by atoms with Gasteiger partial charge in [0.15, 0.2) is 23.0 Å². The quantitative estimate of drug-likeness (QED) is 0.0215. The number of imidazole rings is 1. The number of amides is 1. The number of methoxy groups -OCH3 is 1. The maximum absolute atomic E-state index is 13.0. The largest absolute Gasteiger partial charge is 0.445 e. The number of hydrogen-bond donors (Lipinski definition) is 2. The maximum atomic E-state index is 13.0. The molecule has 4 N–H and O–H groups in total. The van der Waals surface area contributed by atoms with Crippen LogP contribution in [-0.4, -0.2) is 51.1 Å². The molecule has 0 saturated carbocycles. The summed E-state index contributed by atoms with van der Waals surface area (Å²) in [7, 11) is 1.44. The normalized spacial score (nSPS) is 11.9. The summed E-state index contributed by atoms with van der Waals surface area (Å²) in [6, 6.07) is 21.4. The van der Waals surface area contributed by atoms with Crippen LogP contribution in [0.3, 0.4) is 0 Å². The number of hydrazine groups is 1. The number of hydrogen-bond acceptors (Lipinski definition) is 11. The lowest BCUT2D eigenvalue weighted by Crippen LogP contribution is -2.35. The number of ether oxygens (including phenoxy) is 3. The Labute approximate surface area is 293 Å². The number of aryl methyl sites for hydroxylation is 1. The number of nitrogens with two attached hydrogens (primary N) is 2. The summed E-state index contributed by atoms with van der Waals surface area (Å²) in [6.07, 6.45) is 0.665. The van der Waals surface area contributed by atoms with E-state index in [2.05, 4.69) is 21.8 Å². The predicted octanol–water partition coefficient (Wildman–Crippen LogP) is 5.58. The molecule has 1 unspecified atom stereocenters. The molecule has 0 bridgehead atoms. The van der Waals surface area contributed by atoms with E-state index < -0.39 is 23.4 Å². The van der Waals surface area contributed by atoms with Crippen LogP contribution in [0.1, 0.15) is 65.3 Å². The number of rotatable bonds is 16. The monoisotopic (exact) mass is 707 g/mol. The molecule has 0 spiro atoms. The van der Waals surface area contributed by atoms with Crippen molar-refractivity contribution in [3.8, 4) is 11.1 Å². The van der Waals surface area contributed by atoms with Gasteiger partial charge in [0.2, 0.25) is 0 Å². The fraction of sp³-hybridized carbons (Fsp3) is 0.294. The number of esters is 1. The Hall–Kier alpha value is -5.51. The second kappa shape index (κ2) is 17.8. The molecule has 4 aromatic rings. The number of carbonyl (C=O) groups is 2. The summed E-state index contributed by atoms with van der Waals surface area (Å²) >= 11 is 6.43. The highest BCUT2D eigenvalue weighted by Crippen LogP contribution is 2.26. The highest BCUT2D eigenvalue weighted by molar-refractivity contribution is 6.32. The molecule has 3 aromatic carbocycles. The molecular weight excluding hydrogens is 670 g/mol. The van der Waals surface area contributed by atoms with Gasteiger partial charge in [-0.05, 0) is 41.2 Å². The van der Waals surface area contributed by atoms with Crippen molar-refractivity contribution in [2.24, 2.45) is 16.7 Å². The Morgan fingerprint density at radius 3 is 2.38 bits per heavy atom. The molecular formula is C34H38ClN7O8. The predicted molar refractivity (Wildman–Crippen MR) is 184 cm³/mol. The average molecular weight is 708 g/mol. The Balaban J connectivity index is 1.51. The van der Waals surface area contributed by atoms with E-state index in [4.69, 9.17) is 37.4 Å². The zero-order valence-electron chi connectivity index (χ0n) is 27.8. The van der Waals surface area contributed by atoms with Crippen molar-refractivity contribution in [3.63, 3.8) is 0 Å². The summed E-state index contributed by atoms with van der Waals surface area (Å²) in [5, 5.41) is 14.3. The van der Waals surface area contributed by atoms with Gasteiger partial charge in [-0.15, -0.1) is 20.3 Å². The number of benzene rings is 3. The molecule has 0 radical (unpaired) electrons. The van der Waals surface area contributed by atoms with Gasteiger partial charge in [0.05, 0.1) is 0 Å². The highest BCUT2D eigenvalue weighted by atomic mass is 35.5. The molecule has 0 fully saturated rings. The topological polar surface area (TPSA) is 200 Å². The molecule has 0 saturated heterocycles. The van der Waals surface area contributed by atoms with E-state index in [0.29, 0.717) is 46.2 Å². The third-order valence-corrected chi connectivity index (χ3v) is 7.83. The second-order valence-electron chi connectivity index (χ2n) is 11.0. The summed E-state index contributed by atoms with van der Waals surface area (Å²) < 4.78 is 17.5. The van der Waals surface area contributed by atoms with Gasteiger partial charge in [0.1, 0.15) is 19.0 Å². The SMILES string of the molecule is CCCCc1nc(Cl)c(C(=O)OC(C)OC)n1Cc1ccc(-c2ccccc2/C(N)=N/N(N)C(=O)OCc2ccccc2CO[N+](=O)[O-])cc1. The van der Waals surface area contributed by atoms with Gasteiger partial charge < -0.3 is 29.3 Å². The van der Waals surface area contributed by atoms with E-state index in [9.17, 15) is 19.7 Å². The third kappa shape index (κ3) is 9.78. The zero-order chi connectivity index (χ0) is 36.2. The molecule has 1 atom stereocenters. The minimum absolute atomic E-state index is 0.0500. The molecule has 4 rings (SSSR count). The van der Waals surface area contributed by atoms with E-state index in [1.54, 1.807) is 47.9 Å². The molecule has 15 nitrogen and oxygen atoms in total. The molecule has 1 heterocycles. The van der Waals surface area contributed by atoms with Crippen LogP contribution in [-0.2, 0) is 45.2 Å². The van der Waals surface area contributed by atoms with Crippen molar-refractivity contribution in [1.29, 1.82) is 0 Å². The molecule has 50 heavy (non-hydrogen) atoms. The molecule has 264 valence electrons. The Kier molecular flexibility index (Phi) is 13.3. The van der Waals surface area contributed by atoms with E-state index in [0.717, 1.165) is 24.0 Å². The number of hydrazone groups is 1. The van der Waals surface area contributed by atoms with Crippen molar-refractivity contribution in [3.05, 3.63) is 122 Å². The summed E-state index contributed by atoms with van der Waals surface area (Å²) in [6.45, 7) is 3.45. The number of aromatic nitrogens is 2. The fourth-order valence-electron chi connectivity index (χ4n) is 4.92. The lowest BCUT2D eigenvalue weighted by molar-refractivity contribution is -0.763. The van der Waals surface area contributed by atoms with Gasteiger partial charge in [-0.1, -0.05) is 97.7 Å². The minimum atomic E-state index is -1.00. The van der Waals surface area contributed by atoms with E-state index in [1.807, 2.05) is 36.4 Å². The first-order valence-electron chi connectivity index (χ1n) is 15.6. The van der Waals surface area contributed by atoms with Crippen LogP contribution >= 0.6 is 11.6 Å². The lowest BCUT2D eigenvalue weighted by Gasteiger charge is -2.16. The second-order valence-corrected chi connectivity index (χ2v) is 11.3. The van der Waals surface area contributed by atoms with Crippen LogP contribution in [0.4, 0.5) is 4.79 Å². The van der Waals surface area contributed by atoms with Crippen LogP contribution < -0.4 is 11.6 Å². The lowest BCUT2D eigenvalue weighted by atomic mass is 9.98. The Morgan fingerprint density at radius 2 is 1.72 bits per heavy atom. The van der Waals surface area contributed by atoms with Crippen LogP contribution in [0, 0.1) is 10.1 Å². The molecule has 1 amide bonds. The van der Waals surface area contributed by atoms with Crippen molar-refractivity contribution >= 4 is 29.5 Å². The minimum Gasteiger partial charge on any atom is -0.442 e. The van der Waals surface area contributed by atoms with Crippen LogP contribution in [0.25, 0.3) is 11.1 Å². The van der Waals surface area contributed by atoms with Crippen LogP contribution in [0.2, 0.25) is 5.15 Å².